The fourth-order valence-electron chi connectivity index (χ4n) is 1.71. The topological polar surface area (TPSA) is 20.2 Å². The highest BCUT2D eigenvalue weighted by Crippen LogP contribution is 2.38. The number of alkyl halides is 7. The van der Waals surface area contributed by atoms with Gasteiger partial charge < -0.3 is 5.11 Å². The predicted molar refractivity (Wildman–Crippen MR) is 56.8 cm³/mol. The summed E-state index contributed by atoms with van der Waals surface area (Å²) in [6.07, 6.45) is -12.7. The highest BCUT2D eigenvalue weighted by atomic mass is 19.4. The summed E-state index contributed by atoms with van der Waals surface area (Å²) < 4.78 is 87.5. The molecule has 2 unspecified atom stereocenters. The van der Waals surface area contributed by atoms with Crippen molar-refractivity contribution in [3.05, 3.63) is 35.4 Å². The summed E-state index contributed by atoms with van der Waals surface area (Å²) in [4.78, 5) is 0. The van der Waals surface area contributed by atoms with Crippen molar-refractivity contribution in [2.24, 2.45) is 0 Å². The molecule has 8 heteroatoms. The van der Waals surface area contributed by atoms with E-state index in [9.17, 15) is 35.8 Å². The molecule has 1 nitrogen and oxygen atoms in total. The molecule has 2 atom stereocenters. The van der Waals surface area contributed by atoms with Gasteiger partial charge in [-0.05, 0) is 17.7 Å². The highest BCUT2D eigenvalue weighted by molar-refractivity contribution is 5.31. The van der Waals surface area contributed by atoms with Gasteiger partial charge in [0.1, 0.15) is 6.67 Å². The molecule has 0 saturated heterocycles. The second kappa shape index (κ2) is 5.23. The van der Waals surface area contributed by atoms with Gasteiger partial charge in [-0.2, -0.15) is 26.3 Å². The van der Waals surface area contributed by atoms with E-state index in [1.807, 2.05) is 0 Å². The lowest BCUT2D eigenvalue weighted by atomic mass is 9.78. The molecule has 1 aromatic carbocycles. The van der Waals surface area contributed by atoms with E-state index >= 15 is 0 Å². The monoisotopic (exact) mass is 304 g/mol. The normalized spacial score (nSPS) is 17.6. The first-order chi connectivity index (χ1) is 8.93. The van der Waals surface area contributed by atoms with Crippen LogP contribution in [0.2, 0.25) is 0 Å². The maximum atomic E-state index is 13.0. The van der Waals surface area contributed by atoms with Crippen LogP contribution in [0.3, 0.4) is 0 Å². The molecule has 1 aromatic rings. The summed E-state index contributed by atoms with van der Waals surface area (Å²) >= 11 is 0. The van der Waals surface area contributed by atoms with Gasteiger partial charge in [0.25, 0.3) is 0 Å². The molecule has 114 valence electrons. The van der Waals surface area contributed by atoms with E-state index in [2.05, 4.69) is 0 Å². The van der Waals surface area contributed by atoms with Crippen molar-refractivity contribution >= 4 is 0 Å². The van der Waals surface area contributed by atoms with Gasteiger partial charge in [-0.1, -0.05) is 19.1 Å². The van der Waals surface area contributed by atoms with Crippen LogP contribution in [0, 0.1) is 0 Å². The summed E-state index contributed by atoms with van der Waals surface area (Å²) in [6.45, 7) is -0.771. The van der Waals surface area contributed by atoms with Crippen LogP contribution in [-0.2, 0) is 11.6 Å². The zero-order valence-corrected chi connectivity index (χ0v) is 10.2. The molecule has 0 aliphatic carbocycles. The third-order valence-electron chi connectivity index (χ3n) is 3.06. The van der Waals surface area contributed by atoms with Gasteiger partial charge in [-0.15, -0.1) is 0 Å². The Morgan fingerprint density at radius 3 is 1.65 bits per heavy atom. The molecule has 0 amide bonds. The quantitative estimate of drug-likeness (QED) is 0.841. The largest absolute Gasteiger partial charge is 0.416 e. The van der Waals surface area contributed by atoms with Crippen molar-refractivity contribution in [3.63, 3.8) is 0 Å². The maximum absolute atomic E-state index is 13.0. The Balaban J connectivity index is 3.19. The standard InChI is InChI=1S/C12H11F7O/c1-10(6-13,9(20)12(17,18)19)7-2-4-8(5-3-7)11(14,15)16/h2-5,9,20H,6H2,1H3. The van der Waals surface area contributed by atoms with E-state index in [0.717, 1.165) is 19.1 Å². The van der Waals surface area contributed by atoms with Crippen molar-refractivity contribution in [2.45, 2.75) is 30.8 Å². The van der Waals surface area contributed by atoms with E-state index in [1.165, 1.54) is 0 Å². The third kappa shape index (κ3) is 3.23. The third-order valence-corrected chi connectivity index (χ3v) is 3.06. The summed E-state index contributed by atoms with van der Waals surface area (Å²) in [5.74, 6) is 0. The van der Waals surface area contributed by atoms with Gasteiger partial charge in [0, 0.05) is 0 Å². The van der Waals surface area contributed by atoms with Crippen molar-refractivity contribution in [1.82, 2.24) is 0 Å². The maximum Gasteiger partial charge on any atom is 0.416 e. The van der Waals surface area contributed by atoms with E-state index in [-0.39, 0.29) is 5.56 Å². The van der Waals surface area contributed by atoms with E-state index < -0.39 is 36.1 Å². The first-order valence-corrected chi connectivity index (χ1v) is 5.41. The van der Waals surface area contributed by atoms with Gasteiger partial charge in [0.05, 0.1) is 11.0 Å². The van der Waals surface area contributed by atoms with Crippen LogP contribution in [0.4, 0.5) is 30.7 Å². The second-order valence-electron chi connectivity index (χ2n) is 4.57. The molecule has 0 fully saturated rings. The summed E-state index contributed by atoms with van der Waals surface area (Å²) in [6, 6.07) is 2.56. The summed E-state index contributed by atoms with van der Waals surface area (Å²) in [5, 5.41) is 9.20. The first kappa shape index (κ1) is 16.7. The minimum Gasteiger partial charge on any atom is -0.383 e. The SMILES string of the molecule is CC(CF)(c1ccc(C(F)(F)F)cc1)C(O)C(F)(F)F. The molecular weight excluding hydrogens is 293 g/mol. The fraction of sp³-hybridized carbons (Fsp3) is 0.500. The molecule has 0 aliphatic heterocycles. The number of aliphatic hydroxyl groups is 1. The lowest BCUT2D eigenvalue weighted by Crippen LogP contribution is -2.48. The Bertz CT molecular complexity index is 448. The van der Waals surface area contributed by atoms with Gasteiger partial charge >= 0.3 is 12.4 Å². The summed E-state index contributed by atoms with van der Waals surface area (Å²) in [5.41, 5.74) is -3.79. The zero-order chi connectivity index (χ0) is 15.8. The second-order valence-corrected chi connectivity index (χ2v) is 4.57. The number of halogens is 7. The fourth-order valence-corrected chi connectivity index (χ4v) is 1.71. The molecular formula is C12H11F7O. The smallest absolute Gasteiger partial charge is 0.383 e. The molecule has 0 aliphatic rings. The van der Waals surface area contributed by atoms with Crippen LogP contribution in [0.5, 0.6) is 0 Å². The minimum atomic E-state index is -5.08. The van der Waals surface area contributed by atoms with E-state index in [0.29, 0.717) is 12.1 Å². The lowest BCUT2D eigenvalue weighted by Gasteiger charge is -2.33. The predicted octanol–water partition coefficient (Wildman–Crippen LogP) is 3.86. The highest BCUT2D eigenvalue weighted by Gasteiger charge is 2.51. The number of hydrogen-bond acceptors (Lipinski definition) is 1. The molecule has 1 N–H and O–H groups in total. The van der Waals surface area contributed by atoms with E-state index in [4.69, 9.17) is 0 Å². The zero-order valence-electron chi connectivity index (χ0n) is 10.2. The van der Waals surface area contributed by atoms with Crippen LogP contribution < -0.4 is 0 Å². The molecule has 0 saturated carbocycles. The molecule has 0 aromatic heterocycles. The van der Waals surface area contributed by atoms with Crippen molar-refractivity contribution in [2.75, 3.05) is 6.67 Å². The van der Waals surface area contributed by atoms with Crippen LogP contribution >= 0.6 is 0 Å². The van der Waals surface area contributed by atoms with E-state index in [1.54, 1.807) is 0 Å². The average molecular weight is 304 g/mol. The Morgan fingerprint density at radius 2 is 1.35 bits per heavy atom. The molecule has 1 rings (SSSR count). The first-order valence-electron chi connectivity index (χ1n) is 5.41. The van der Waals surface area contributed by atoms with Crippen LogP contribution in [0.25, 0.3) is 0 Å². The van der Waals surface area contributed by atoms with Crippen molar-refractivity contribution in [3.8, 4) is 0 Å². The molecule has 0 radical (unpaired) electrons. The van der Waals surface area contributed by atoms with Crippen molar-refractivity contribution in [1.29, 1.82) is 0 Å². The molecule has 0 spiro atoms. The Labute approximate surface area is 110 Å². The number of hydrogen-bond donors (Lipinski definition) is 1. The number of aliphatic hydroxyl groups excluding tert-OH is 1. The van der Waals surface area contributed by atoms with Crippen LogP contribution in [-0.4, -0.2) is 24.1 Å². The number of rotatable bonds is 3. The minimum absolute atomic E-state index is 0.363. The summed E-state index contributed by atoms with van der Waals surface area (Å²) in [7, 11) is 0. The molecule has 0 bridgehead atoms. The van der Waals surface area contributed by atoms with Gasteiger partial charge in [0.2, 0.25) is 0 Å². The van der Waals surface area contributed by atoms with Crippen LogP contribution in [0.15, 0.2) is 24.3 Å². The molecule has 20 heavy (non-hydrogen) atoms. The Morgan fingerprint density at radius 1 is 0.950 bits per heavy atom. The van der Waals surface area contributed by atoms with Gasteiger partial charge in [-0.3, -0.25) is 4.39 Å². The molecule has 0 heterocycles. The van der Waals surface area contributed by atoms with Gasteiger partial charge in [0.15, 0.2) is 6.10 Å². The van der Waals surface area contributed by atoms with Crippen LogP contribution in [0.1, 0.15) is 18.1 Å². The van der Waals surface area contributed by atoms with Gasteiger partial charge in [-0.25, -0.2) is 0 Å². The lowest BCUT2D eigenvalue weighted by molar-refractivity contribution is -0.225. The van der Waals surface area contributed by atoms with Crippen molar-refractivity contribution < 1.29 is 35.8 Å². The number of benzene rings is 1. The Kier molecular flexibility index (Phi) is 4.38. The Hall–Kier alpha value is -1.31. The average Bonchev–Trinajstić information content (AvgIpc) is 2.35.